The van der Waals surface area contributed by atoms with Crippen molar-refractivity contribution in [2.45, 2.75) is 12.5 Å². The number of alkyl halides is 2. The van der Waals surface area contributed by atoms with Gasteiger partial charge in [-0.1, -0.05) is 31.9 Å². The van der Waals surface area contributed by atoms with Crippen LogP contribution >= 0.6 is 31.9 Å². The van der Waals surface area contributed by atoms with E-state index in [4.69, 9.17) is 0 Å². The van der Waals surface area contributed by atoms with Crippen LogP contribution in [0.25, 0.3) is 0 Å². The monoisotopic (exact) mass is 396 g/mol. The second-order valence-corrected chi connectivity index (χ2v) is 5.36. The zero-order valence-corrected chi connectivity index (χ0v) is 13.1. The van der Waals surface area contributed by atoms with E-state index in [1.165, 1.54) is 0 Å². The molecule has 104 valence electrons. The highest BCUT2D eigenvalue weighted by atomic mass is 79.9. The van der Waals surface area contributed by atoms with Crippen LogP contribution in [0.4, 0.5) is 10.1 Å². The predicted octanol–water partition coefficient (Wildman–Crippen LogP) is 3.01. The summed E-state index contributed by atoms with van der Waals surface area (Å²) in [5.74, 6) is -1.39. The fourth-order valence-corrected chi connectivity index (χ4v) is 2.47. The molecule has 0 aliphatic carbocycles. The number of benzene rings is 1. The molecule has 0 aliphatic rings. The molecule has 1 rings (SSSR count). The molecule has 0 unspecified atom stereocenters. The van der Waals surface area contributed by atoms with E-state index < -0.39 is 27.9 Å². The smallest absolute Gasteiger partial charge is 0.273 e. The van der Waals surface area contributed by atoms with E-state index in [1.807, 2.05) is 0 Å². The van der Waals surface area contributed by atoms with Crippen LogP contribution < -0.4 is 5.32 Å². The average Bonchev–Trinajstić information content (AvgIpc) is 2.37. The molecule has 1 amide bonds. The number of rotatable bonds is 5. The number of hydrogen-bond acceptors (Lipinski definition) is 3. The Bertz CT molecular complexity index is 507. The highest BCUT2D eigenvalue weighted by Crippen LogP contribution is 2.18. The SMILES string of the molecule is CC(CBr)(CBr)NC(=O)c1cc(F)cc([N+](=O)[O-])c1. The van der Waals surface area contributed by atoms with Gasteiger partial charge in [-0.25, -0.2) is 4.39 Å². The van der Waals surface area contributed by atoms with Crippen LogP contribution in [0.1, 0.15) is 17.3 Å². The van der Waals surface area contributed by atoms with E-state index in [1.54, 1.807) is 6.92 Å². The molecule has 1 N–H and O–H groups in total. The summed E-state index contributed by atoms with van der Waals surface area (Å²) in [7, 11) is 0. The summed E-state index contributed by atoms with van der Waals surface area (Å²) in [6.45, 7) is 1.78. The van der Waals surface area contributed by atoms with E-state index in [2.05, 4.69) is 37.2 Å². The van der Waals surface area contributed by atoms with Crippen LogP contribution in [0.2, 0.25) is 0 Å². The lowest BCUT2D eigenvalue weighted by Crippen LogP contribution is -2.49. The van der Waals surface area contributed by atoms with Gasteiger partial charge in [0, 0.05) is 22.3 Å². The Balaban J connectivity index is 3.03. The highest BCUT2D eigenvalue weighted by Gasteiger charge is 2.25. The quantitative estimate of drug-likeness (QED) is 0.471. The molecule has 0 aromatic heterocycles. The standard InChI is InChI=1S/C11H11Br2FN2O3/c1-11(5-12,6-13)15-10(17)7-2-8(14)4-9(3-7)16(18)19/h2-4H,5-6H2,1H3,(H,15,17). The maximum atomic E-state index is 13.2. The molecule has 0 heterocycles. The van der Waals surface area contributed by atoms with Gasteiger partial charge in [-0.15, -0.1) is 0 Å². The lowest BCUT2D eigenvalue weighted by atomic mass is 10.1. The Morgan fingerprint density at radius 3 is 2.47 bits per heavy atom. The molecule has 0 saturated heterocycles. The summed E-state index contributed by atoms with van der Waals surface area (Å²) < 4.78 is 13.2. The van der Waals surface area contributed by atoms with E-state index in [9.17, 15) is 19.3 Å². The van der Waals surface area contributed by atoms with Crippen LogP contribution in [0.5, 0.6) is 0 Å². The minimum absolute atomic E-state index is 0.0835. The minimum atomic E-state index is -0.821. The summed E-state index contributed by atoms with van der Waals surface area (Å²) in [5.41, 5.74) is -1.11. The molecule has 0 aliphatic heterocycles. The number of nitrogens with zero attached hydrogens (tertiary/aromatic N) is 1. The Morgan fingerprint density at radius 1 is 1.42 bits per heavy atom. The molecule has 0 spiro atoms. The zero-order valence-electron chi connectivity index (χ0n) is 9.95. The van der Waals surface area contributed by atoms with Gasteiger partial charge < -0.3 is 5.32 Å². The number of amides is 1. The van der Waals surface area contributed by atoms with Gasteiger partial charge in [0.15, 0.2) is 0 Å². The third kappa shape index (κ3) is 4.24. The average molecular weight is 398 g/mol. The molecule has 0 bridgehead atoms. The normalized spacial score (nSPS) is 11.2. The van der Waals surface area contributed by atoms with E-state index >= 15 is 0 Å². The molecule has 0 radical (unpaired) electrons. The number of nitro groups is 1. The van der Waals surface area contributed by atoms with Crippen LogP contribution in [-0.2, 0) is 0 Å². The number of carbonyl (C=O) groups excluding carboxylic acids is 1. The van der Waals surface area contributed by atoms with Gasteiger partial charge in [0.2, 0.25) is 0 Å². The minimum Gasteiger partial charge on any atom is -0.345 e. The first kappa shape index (κ1) is 16.0. The van der Waals surface area contributed by atoms with Crippen molar-refractivity contribution in [3.8, 4) is 0 Å². The zero-order chi connectivity index (χ0) is 14.6. The predicted molar refractivity (Wildman–Crippen MR) is 76.5 cm³/mol. The number of non-ortho nitro benzene ring substituents is 1. The summed E-state index contributed by atoms with van der Waals surface area (Å²) in [5, 5.41) is 14.3. The van der Waals surface area contributed by atoms with Gasteiger partial charge in [0.05, 0.1) is 16.5 Å². The second-order valence-electron chi connectivity index (χ2n) is 4.24. The van der Waals surface area contributed by atoms with Gasteiger partial charge in [-0.3, -0.25) is 14.9 Å². The topological polar surface area (TPSA) is 72.2 Å². The first-order valence-electron chi connectivity index (χ1n) is 5.21. The number of nitrogens with one attached hydrogen (secondary N) is 1. The van der Waals surface area contributed by atoms with Gasteiger partial charge in [0.25, 0.3) is 11.6 Å². The summed E-state index contributed by atoms with van der Waals surface area (Å²) in [6, 6.07) is 2.78. The van der Waals surface area contributed by atoms with Gasteiger partial charge in [-0.2, -0.15) is 0 Å². The Kier molecular flexibility index (Phi) is 5.42. The first-order valence-corrected chi connectivity index (χ1v) is 7.45. The van der Waals surface area contributed by atoms with Gasteiger partial charge in [-0.05, 0) is 13.0 Å². The molecule has 5 nitrogen and oxygen atoms in total. The third-order valence-electron chi connectivity index (χ3n) is 2.36. The fourth-order valence-electron chi connectivity index (χ4n) is 1.26. The number of carbonyl (C=O) groups is 1. The molecule has 0 saturated carbocycles. The van der Waals surface area contributed by atoms with Crippen LogP contribution in [0.3, 0.4) is 0 Å². The van der Waals surface area contributed by atoms with Crippen molar-refractivity contribution in [1.29, 1.82) is 0 Å². The second kappa shape index (κ2) is 6.42. The van der Waals surface area contributed by atoms with Crippen LogP contribution in [0, 0.1) is 15.9 Å². The summed E-state index contributed by atoms with van der Waals surface area (Å²) in [6.07, 6.45) is 0. The first-order chi connectivity index (χ1) is 8.81. The van der Waals surface area contributed by atoms with E-state index in [-0.39, 0.29) is 5.56 Å². The molecule has 8 heteroatoms. The maximum absolute atomic E-state index is 13.2. The maximum Gasteiger partial charge on any atom is 0.273 e. The number of halogens is 3. The molecule has 0 fully saturated rings. The Morgan fingerprint density at radius 2 is 2.00 bits per heavy atom. The highest BCUT2D eigenvalue weighted by molar-refractivity contribution is 9.09. The summed E-state index contributed by atoms with van der Waals surface area (Å²) in [4.78, 5) is 21.8. The lowest BCUT2D eigenvalue weighted by molar-refractivity contribution is -0.385. The number of hydrogen-bond donors (Lipinski definition) is 1. The molecular weight excluding hydrogens is 387 g/mol. The van der Waals surface area contributed by atoms with E-state index in [0.29, 0.717) is 10.7 Å². The van der Waals surface area contributed by atoms with E-state index in [0.717, 1.165) is 18.2 Å². The summed E-state index contributed by atoms with van der Waals surface area (Å²) >= 11 is 6.52. The van der Waals surface area contributed by atoms with Crippen molar-refractivity contribution in [1.82, 2.24) is 5.32 Å². The Hall–Kier alpha value is -1.02. The molecular formula is C11H11Br2FN2O3. The van der Waals surface area contributed by atoms with Crippen molar-refractivity contribution in [3.63, 3.8) is 0 Å². The van der Waals surface area contributed by atoms with Crippen molar-refractivity contribution in [2.75, 3.05) is 10.7 Å². The Labute approximate surface area is 126 Å². The van der Waals surface area contributed by atoms with Gasteiger partial charge in [0.1, 0.15) is 5.82 Å². The van der Waals surface area contributed by atoms with Crippen LogP contribution in [-0.4, -0.2) is 27.0 Å². The number of nitro benzene ring substituents is 1. The van der Waals surface area contributed by atoms with Gasteiger partial charge >= 0.3 is 0 Å². The van der Waals surface area contributed by atoms with Crippen LogP contribution in [0.15, 0.2) is 18.2 Å². The molecule has 19 heavy (non-hydrogen) atoms. The third-order valence-corrected chi connectivity index (χ3v) is 4.84. The van der Waals surface area contributed by atoms with Crippen molar-refractivity contribution in [3.05, 3.63) is 39.7 Å². The largest absolute Gasteiger partial charge is 0.345 e. The van der Waals surface area contributed by atoms with Crippen molar-refractivity contribution >= 4 is 43.5 Å². The van der Waals surface area contributed by atoms with Crippen molar-refractivity contribution in [2.24, 2.45) is 0 Å². The lowest BCUT2D eigenvalue weighted by Gasteiger charge is -2.26. The molecule has 0 atom stereocenters. The molecule has 1 aromatic rings. The molecule has 1 aromatic carbocycles. The fraction of sp³-hybridized carbons (Fsp3) is 0.364. The van der Waals surface area contributed by atoms with Crippen molar-refractivity contribution < 1.29 is 14.1 Å².